The fourth-order valence-electron chi connectivity index (χ4n) is 4.46. The highest BCUT2D eigenvalue weighted by molar-refractivity contribution is 6.00. The SMILES string of the molecule is CC(C)c1cccc(N2CC(C(=O)N3CCC(OCc4ccccc4)CC3)CC2=O)c1. The molecule has 2 saturated heterocycles. The van der Waals surface area contributed by atoms with Gasteiger partial charge in [-0.25, -0.2) is 0 Å². The molecule has 2 aromatic carbocycles. The minimum absolute atomic E-state index is 0.0420. The van der Waals surface area contributed by atoms with E-state index in [0.29, 0.717) is 38.6 Å². The number of likely N-dealkylation sites (tertiary alicyclic amines) is 1. The first-order chi connectivity index (χ1) is 15.0. The summed E-state index contributed by atoms with van der Waals surface area (Å²) in [5, 5.41) is 0. The van der Waals surface area contributed by atoms with Crippen LogP contribution in [0.5, 0.6) is 0 Å². The molecule has 0 aromatic heterocycles. The zero-order valence-electron chi connectivity index (χ0n) is 18.5. The standard InChI is InChI=1S/C26H32N2O3/c1-19(2)21-9-6-10-23(15-21)28-17-22(16-25(28)29)26(30)27-13-11-24(12-14-27)31-18-20-7-4-3-5-8-20/h3-10,15,19,22,24H,11-14,16-18H2,1-2H3. The average Bonchev–Trinajstić information content (AvgIpc) is 3.20. The molecule has 164 valence electrons. The number of ether oxygens (including phenoxy) is 1. The van der Waals surface area contributed by atoms with Gasteiger partial charge >= 0.3 is 0 Å². The van der Waals surface area contributed by atoms with Crippen molar-refractivity contribution in [3.8, 4) is 0 Å². The van der Waals surface area contributed by atoms with Crippen LogP contribution in [-0.2, 0) is 20.9 Å². The number of rotatable bonds is 6. The number of nitrogens with zero attached hydrogens (tertiary/aromatic N) is 2. The summed E-state index contributed by atoms with van der Waals surface area (Å²) in [6, 6.07) is 18.3. The van der Waals surface area contributed by atoms with E-state index in [4.69, 9.17) is 4.74 Å². The molecule has 4 rings (SSSR count). The van der Waals surface area contributed by atoms with Gasteiger partial charge in [-0.1, -0.05) is 56.3 Å². The Morgan fingerprint density at radius 2 is 1.81 bits per heavy atom. The number of hydrogen-bond donors (Lipinski definition) is 0. The van der Waals surface area contributed by atoms with Crippen molar-refractivity contribution in [2.24, 2.45) is 5.92 Å². The van der Waals surface area contributed by atoms with E-state index in [2.05, 4.69) is 38.1 Å². The van der Waals surface area contributed by atoms with Crippen molar-refractivity contribution in [1.82, 2.24) is 4.90 Å². The number of carbonyl (C=O) groups is 2. The third-order valence-corrected chi connectivity index (χ3v) is 6.41. The Bertz CT molecular complexity index is 904. The minimum atomic E-state index is -0.253. The van der Waals surface area contributed by atoms with Gasteiger partial charge in [0.05, 0.1) is 18.6 Å². The average molecular weight is 421 g/mol. The summed E-state index contributed by atoms with van der Waals surface area (Å²) < 4.78 is 6.04. The summed E-state index contributed by atoms with van der Waals surface area (Å²) in [6.45, 7) is 6.77. The van der Waals surface area contributed by atoms with Gasteiger partial charge in [0.15, 0.2) is 0 Å². The normalized spacial score (nSPS) is 20.0. The lowest BCUT2D eigenvalue weighted by Gasteiger charge is -2.33. The van der Waals surface area contributed by atoms with Crippen molar-refractivity contribution in [3.63, 3.8) is 0 Å². The van der Waals surface area contributed by atoms with Crippen molar-refractivity contribution >= 4 is 17.5 Å². The van der Waals surface area contributed by atoms with E-state index in [0.717, 1.165) is 18.5 Å². The third-order valence-electron chi connectivity index (χ3n) is 6.41. The quantitative estimate of drug-likeness (QED) is 0.697. The molecule has 2 fully saturated rings. The molecule has 0 aliphatic carbocycles. The van der Waals surface area contributed by atoms with Crippen molar-refractivity contribution in [2.75, 3.05) is 24.5 Å². The van der Waals surface area contributed by atoms with Crippen molar-refractivity contribution in [1.29, 1.82) is 0 Å². The molecule has 2 aliphatic heterocycles. The summed E-state index contributed by atoms with van der Waals surface area (Å²) >= 11 is 0. The molecule has 1 unspecified atom stereocenters. The summed E-state index contributed by atoms with van der Waals surface area (Å²) in [7, 11) is 0. The molecule has 0 bridgehead atoms. The number of amides is 2. The monoisotopic (exact) mass is 420 g/mol. The first kappa shape index (κ1) is 21.6. The van der Waals surface area contributed by atoms with Crippen LogP contribution in [0.1, 0.15) is 50.2 Å². The fraction of sp³-hybridized carbons (Fsp3) is 0.462. The molecular formula is C26H32N2O3. The fourth-order valence-corrected chi connectivity index (χ4v) is 4.46. The highest BCUT2D eigenvalue weighted by Gasteiger charge is 2.38. The van der Waals surface area contributed by atoms with E-state index >= 15 is 0 Å². The zero-order valence-corrected chi connectivity index (χ0v) is 18.5. The molecule has 2 aliphatic rings. The maximum Gasteiger partial charge on any atom is 0.228 e. The Hall–Kier alpha value is -2.66. The van der Waals surface area contributed by atoms with Crippen LogP contribution < -0.4 is 4.90 Å². The Morgan fingerprint density at radius 1 is 1.06 bits per heavy atom. The van der Waals surface area contributed by atoms with E-state index in [1.165, 1.54) is 11.1 Å². The van der Waals surface area contributed by atoms with E-state index < -0.39 is 0 Å². The number of piperidine rings is 1. The van der Waals surface area contributed by atoms with Crippen molar-refractivity contribution in [3.05, 3.63) is 65.7 Å². The summed E-state index contributed by atoms with van der Waals surface area (Å²) in [5.74, 6) is 0.301. The van der Waals surface area contributed by atoms with E-state index in [1.807, 2.05) is 35.2 Å². The first-order valence-electron chi connectivity index (χ1n) is 11.4. The molecule has 31 heavy (non-hydrogen) atoms. The second kappa shape index (κ2) is 9.65. The molecule has 0 radical (unpaired) electrons. The largest absolute Gasteiger partial charge is 0.373 e. The number of hydrogen-bond acceptors (Lipinski definition) is 3. The van der Waals surface area contributed by atoms with Gasteiger partial charge in [-0.15, -0.1) is 0 Å². The summed E-state index contributed by atoms with van der Waals surface area (Å²) in [4.78, 5) is 29.5. The molecule has 2 heterocycles. The van der Waals surface area contributed by atoms with Crippen LogP contribution >= 0.6 is 0 Å². The van der Waals surface area contributed by atoms with E-state index in [-0.39, 0.29) is 23.8 Å². The van der Waals surface area contributed by atoms with Crippen LogP contribution in [0.25, 0.3) is 0 Å². The molecule has 2 aromatic rings. The Kier molecular flexibility index (Phi) is 6.71. The van der Waals surface area contributed by atoms with Gasteiger partial charge in [-0.2, -0.15) is 0 Å². The second-order valence-electron chi connectivity index (χ2n) is 8.98. The molecule has 2 amide bonds. The van der Waals surface area contributed by atoms with Gasteiger partial charge in [0.2, 0.25) is 11.8 Å². The van der Waals surface area contributed by atoms with Crippen LogP contribution in [-0.4, -0.2) is 42.5 Å². The van der Waals surface area contributed by atoms with Crippen LogP contribution in [0.4, 0.5) is 5.69 Å². The van der Waals surface area contributed by atoms with Crippen LogP contribution in [0.15, 0.2) is 54.6 Å². The van der Waals surface area contributed by atoms with Crippen LogP contribution in [0.2, 0.25) is 0 Å². The highest BCUT2D eigenvalue weighted by atomic mass is 16.5. The first-order valence-corrected chi connectivity index (χ1v) is 11.4. The van der Waals surface area contributed by atoms with Gasteiger partial charge < -0.3 is 14.5 Å². The Labute approximate surface area is 185 Å². The van der Waals surface area contributed by atoms with E-state index in [9.17, 15) is 9.59 Å². The van der Waals surface area contributed by atoms with Crippen molar-refractivity contribution in [2.45, 2.75) is 51.7 Å². The molecule has 0 saturated carbocycles. The summed E-state index contributed by atoms with van der Waals surface area (Å²) in [6.07, 6.45) is 2.18. The molecular weight excluding hydrogens is 388 g/mol. The number of benzene rings is 2. The van der Waals surface area contributed by atoms with Gasteiger partial charge in [0, 0.05) is 31.7 Å². The Balaban J connectivity index is 1.29. The van der Waals surface area contributed by atoms with Gasteiger partial charge in [0.25, 0.3) is 0 Å². The van der Waals surface area contributed by atoms with Crippen LogP contribution in [0.3, 0.4) is 0 Å². The zero-order chi connectivity index (χ0) is 21.8. The molecule has 1 atom stereocenters. The Morgan fingerprint density at radius 3 is 2.52 bits per heavy atom. The van der Waals surface area contributed by atoms with Gasteiger partial charge in [-0.05, 0) is 42.0 Å². The lowest BCUT2D eigenvalue weighted by Crippen LogP contribution is -2.44. The maximum absolute atomic E-state index is 13.1. The molecule has 5 heteroatoms. The lowest BCUT2D eigenvalue weighted by atomic mass is 10.0. The summed E-state index contributed by atoms with van der Waals surface area (Å²) in [5.41, 5.74) is 3.28. The smallest absolute Gasteiger partial charge is 0.228 e. The minimum Gasteiger partial charge on any atom is -0.373 e. The number of anilines is 1. The van der Waals surface area contributed by atoms with Gasteiger partial charge in [0.1, 0.15) is 0 Å². The topological polar surface area (TPSA) is 49.9 Å². The molecule has 5 nitrogen and oxygen atoms in total. The van der Waals surface area contributed by atoms with E-state index in [1.54, 1.807) is 4.90 Å². The van der Waals surface area contributed by atoms with Crippen LogP contribution in [0, 0.1) is 5.92 Å². The highest BCUT2D eigenvalue weighted by Crippen LogP contribution is 2.29. The molecule has 0 N–H and O–H groups in total. The predicted molar refractivity (Wildman–Crippen MR) is 122 cm³/mol. The molecule has 0 spiro atoms. The lowest BCUT2D eigenvalue weighted by molar-refractivity contribution is -0.138. The number of carbonyl (C=O) groups excluding carboxylic acids is 2. The maximum atomic E-state index is 13.1. The van der Waals surface area contributed by atoms with Crippen molar-refractivity contribution < 1.29 is 14.3 Å². The van der Waals surface area contributed by atoms with Gasteiger partial charge in [-0.3, -0.25) is 9.59 Å². The third kappa shape index (κ3) is 5.16. The predicted octanol–water partition coefficient (Wildman–Crippen LogP) is 4.37. The second-order valence-corrected chi connectivity index (χ2v) is 8.98.